The Kier molecular flexibility index (Phi) is 5.03. The van der Waals surface area contributed by atoms with Crippen molar-refractivity contribution in [1.82, 2.24) is 4.90 Å². The van der Waals surface area contributed by atoms with Gasteiger partial charge in [0.25, 0.3) is 5.91 Å². The minimum Gasteiger partial charge on any atom is -0.508 e. The molecule has 0 spiro atoms. The van der Waals surface area contributed by atoms with Crippen molar-refractivity contribution in [2.24, 2.45) is 0 Å². The molecule has 2 aromatic rings. The minimum absolute atomic E-state index is 0.0307. The van der Waals surface area contributed by atoms with Crippen molar-refractivity contribution < 1.29 is 19.1 Å². The van der Waals surface area contributed by atoms with Crippen molar-refractivity contribution in [1.29, 1.82) is 0 Å². The van der Waals surface area contributed by atoms with Gasteiger partial charge < -0.3 is 19.2 Å². The van der Waals surface area contributed by atoms with Crippen LogP contribution in [0.25, 0.3) is 0 Å². The van der Waals surface area contributed by atoms with Gasteiger partial charge in [-0.05, 0) is 47.0 Å². The number of aromatic hydroxyl groups is 1. The average Bonchev–Trinajstić information content (AvgIpc) is 3.19. The molecule has 1 saturated heterocycles. The van der Waals surface area contributed by atoms with Crippen LogP contribution in [0.4, 0.5) is 0 Å². The molecule has 6 heteroatoms. The summed E-state index contributed by atoms with van der Waals surface area (Å²) in [7, 11) is 0. The Morgan fingerprint density at radius 1 is 1.30 bits per heavy atom. The number of furan rings is 1. The third kappa shape index (κ3) is 3.95. The zero-order valence-corrected chi connectivity index (χ0v) is 14.2. The maximum Gasteiger partial charge on any atom is 0.290 e. The van der Waals surface area contributed by atoms with Crippen LogP contribution in [0, 0.1) is 0 Å². The zero-order valence-electron chi connectivity index (χ0n) is 12.6. The molecule has 2 heterocycles. The van der Waals surface area contributed by atoms with Gasteiger partial charge in [0.2, 0.25) is 0 Å². The molecule has 1 N–H and O–H groups in total. The van der Waals surface area contributed by atoms with Gasteiger partial charge >= 0.3 is 0 Å². The second-order valence-electron chi connectivity index (χ2n) is 5.55. The number of halogens is 1. The highest BCUT2D eigenvalue weighted by atomic mass is 79.9. The summed E-state index contributed by atoms with van der Waals surface area (Å²) in [5, 5.41) is 9.98. The molecule has 0 saturated carbocycles. The first-order chi connectivity index (χ1) is 11.1. The Hall–Kier alpha value is -1.79. The summed E-state index contributed by atoms with van der Waals surface area (Å²) in [4.78, 5) is 14.4. The molecule has 0 bridgehead atoms. The summed E-state index contributed by atoms with van der Waals surface area (Å²) >= 11 is 3.21. The van der Waals surface area contributed by atoms with Gasteiger partial charge in [-0.3, -0.25) is 4.79 Å². The van der Waals surface area contributed by atoms with Crippen molar-refractivity contribution in [2.75, 3.05) is 13.2 Å². The van der Waals surface area contributed by atoms with Crippen LogP contribution in [0.1, 0.15) is 29.0 Å². The number of nitrogens with zero attached hydrogens (tertiary/aromatic N) is 1. The predicted molar refractivity (Wildman–Crippen MR) is 88.2 cm³/mol. The monoisotopic (exact) mass is 379 g/mol. The second-order valence-corrected chi connectivity index (χ2v) is 6.33. The van der Waals surface area contributed by atoms with Crippen LogP contribution in [0.15, 0.2) is 45.5 Å². The number of ether oxygens (including phenoxy) is 1. The molecule has 1 aliphatic rings. The molecule has 0 aliphatic carbocycles. The highest BCUT2D eigenvalue weighted by Gasteiger charge is 2.26. The zero-order chi connectivity index (χ0) is 16.2. The van der Waals surface area contributed by atoms with Gasteiger partial charge in [-0.2, -0.15) is 0 Å². The van der Waals surface area contributed by atoms with E-state index in [2.05, 4.69) is 15.9 Å². The quantitative estimate of drug-likeness (QED) is 0.862. The lowest BCUT2D eigenvalue weighted by Gasteiger charge is -2.25. The molecule has 1 atom stereocenters. The number of hydrogen-bond donors (Lipinski definition) is 1. The summed E-state index contributed by atoms with van der Waals surface area (Å²) in [5.74, 6) is 0.234. The van der Waals surface area contributed by atoms with Gasteiger partial charge in [-0.25, -0.2) is 0 Å². The molecular formula is C17H18BrNO4. The maximum absolute atomic E-state index is 12.7. The summed E-state index contributed by atoms with van der Waals surface area (Å²) in [6.07, 6.45) is 1.98. The van der Waals surface area contributed by atoms with E-state index in [0.29, 0.717) is 23.3 Å². The SMILES string of the molecule is O=C(c1ccc(Br)o1)N(Cc1ccccc1O)CC1CCCO1. The van der Waals surface area contributed by atoms with Crippen LogP contribution in [0.5, 0.6) is 5.75 Å². The van der Waals surface area contributed by atoms with Crippen LogP contribution >= 0.6 is 15.9 Å². The first-order valence-electron chi connectivity index (χ1n) is 7.56. The molecule has 1 amide bonds. The number of rotatable bonds is 5. The van der Waals surface area contributed by atoms with E-state index in [1.54, 1.807) is 29.2 Å². The van der Waals surface area contributed by atoms with E-state index in [0.717, 1.165) is 19.4 Å². The Balaban J connectivity index is 1.80. The molecule has 23 heavy (non-hydrogen) atoms. The van der Waals surface area contributed by atoms with Gasteiger partial charge in [0.1, 0.15) is 5.75 Å². The highest BCUT2D eigenvalue weighted by molar-refractivity contribution is 9.10. The Morgan fingerprint density at radius 2 is 2.13 bits per heavy atom. The molecular weight excluding hydrogens is 362 g/mol. The fourth-order valence-electron chi connectivity index (χ4n) is 2.69. The first kappa shape index (κ1) is 16.1. The van der Waals surface area contributed by atoms with Gasteiger partial charge in [0, 0.05) is 25.3 Å². The smallest absolute Gasteiger partial charge is 0.290 e. The fourth-order valence-corrected chi connectivity index (χ4v) is 3.00. The van der Waals surface area contributed by atoms with E-state index in [9.17, 15) is 9.90 Å². The third-order valence-corrected chi connectivity index (χ3v) is 4.30. The van der Waals surface area contributed by atoms with Crippen LogP contribution in [-0.4, -0.2) is 35.2 Å². The molecule has 1 fully saturated rings. The highest BCUT2D eigenvalue weighted by Crippen LogP contribution is 2.23. The van der Waals surface area contributed by atoms with Crippen LogP contribution < -0.4 is 0 Å². The van der Waals surface area contributed by atoms with Crippen molar-refractivity contribution in [3.63, 3.8) is 0 Å². The number of para-hydroxylation sites is 1. The number of carbonyl (C=O) groups excluding carboxylic acids is 1. The Bertz CT molecular complexity index is 679. The molecule has 1 aliphatic heterocycles. The Morgan fingerprint density at radius 3 is 2.78 bits per heavy atom. The van der Waals surface area contributed by atoms with Crippen LogP contribution in [0.2, 0.25) is 0 Å². The predicted octanol–water partition coefficient (Wildman–Crippen LogP) is 3.57. The van der Waals surface area contributed by atoms with Crippen LogP contribution in [0.3, 0.4) is 0 Å². The summed E-state index contributed by atoms with van der Waals surface area (Å²) in [5.41, 5.74) is 0.699. The van der Waals surface area contributed by atoms with Crippen molar-refractivity contribution in [3.05, 3.63) is 52.4 Å². The molecule has 1 aromatic heterocycles. The number of amides is 1. The number of phenolic OH excluding ortho intramolecular Hbond substituents is 1. The lowest BCUT2D eigenvalue weighted by molar-refractivity contribution is 0.0481. The van der Waals surface area contributed by atoms with E-state index in [1.807, 2.05) is 12.1 Å². The number of phenols is 1. The van der Waals surface area contributed by atoms with E-state index in [4.69, 9.17) is 9.15 Å². The third-order valence-electron chi connectivity index (χ3n) is 3.87. The fraction of sp³-hybridized carbons (Fsp3) is 0.353. The second kappa shape index (κ2) is 7.19. The van der Waals surface area contributed by atoms with Crippen molar-refractivity contribution >= 4 is 21.8 Å². The topological polar surface area (TPSA) is 62.9 Å². The van der Waals surface area contributed by atoms with Gasteiger partial charge in [0.05, 0.1) is 6.10 Å². The van der Waals surface area contributed by atoms with E-state index in [1.165, 1.54) is 0 Å². The Labute approximate surface area is 143 Å². The van der Waals surface area contributed by atoms with Gasteiger partial charge in [0.15, 0.2) is 10.4 Å². The summed E-state index contributed by atoms with van der Waals surface area (Å²) < 4.78 is 11.5. The lowest BCUT2D eigenvalue weighted by atomic mass is 10.1. The van der Waals surface area contributed by atoms with E-state index >= 15 is 0 Å². The molecule has 0 radical (unpaired) electrons. The summed E-state index contributed by atoms with van der Waals surface area (Å²) in [6.45, 7) is 1.52. The standard InChI is InChI=1S/C17H18BrNO4/c18-16-8-7-15(23-16)17(21)19(11-13-5-3-9-22-13)10-12-4-1-2-6-14(12)20/h1-2,4,6-8,13,20H,3,5,9-11H2. The molecule has 3 rings (SSSR count). The average molecular weight is 380 g/mol. The van der Waals surface area contributed by atoms with Crippen molar-refractivity contribution in [2.45, 2.75) is 25.5 Å². The van der Waals surface area contributed by atoms with Crippen molar-refractivity contribution in [3.8, 4) is 5.75 Å². The van der Waals surface area contributed by atoms with E-state index in [-0.39, 0.29) is 23.5 Å². The molecule has 1 unspecified atom stereocenters. The molecule has 122 valence electrons. The van der Waals surface area contributed by atoms with Crippen LogP contribution in [-0.2, 0) is 11.3 Å². The maximum atomic E-state index is 12.7. The van der Waals surface area contributed by atoms with Gasteiger partial charge in [-0.15, -0.1) is 0 Å². The summed E-state index contributed by atoms with van der Waals surface area (Å²) in [6, 6.07) is 10.4. The molecule has 5 nitrogen and oxygen atoms in total. The van der Waals surface area contributed by atoms with E-state index < -0.39 is 0 Å². The lowest BCUT2D eigenvalue weighted by Crippen LogP contribution is -2.36. The molecule has 1 aromatic carbocycles. The number of benzene rings is 1. The largest absolute Gasteiger partial charge is 0.508 e. The van der Waals surface area contributed by atoms with Gasteiger partial charge in [-0.1, -0.05) is 18.2 Å². The first-order valence-corrected chi connectivity index (χ1v) is 8.36. The minimum atomic E-state index is -0.213. The normalized spacial score (nSPS) is 17.3. The number of carbonyl (C=O) groups is 1. The number of hydrogen-bond acceptors (Lipinski definition) is 4.